The Morgan fingerprint density at radius 3 is 2.89 bits per heavy atom. The van der Waals surface area contributed by atoms with Gasteiger partial charge in [0, 0.05) is 33.3 Å². The molecule has 0 spiro atoms. The molecular formula is C18H24N6O2SSi. The van der Waals surface area contributed by atoms with Crippen molar-refractivity contribution in [2.45, 2.75) is 39.0 Å². The summed E-state index contributed by atoms with van der Waals surface area (Å²) in [4.78, 5) is 17.3. The average Bonchev–Trinajstić information content (AvgIpc) is 3.32. The van der Waals surface area contributed by atoms with Crippen LogP contribution in [0.25, 0.3) is 21.3 Å². The first kappa shape index (κ1) is 19.0. The minimum Gasteiger partial charge on any atom is -0.360 e. The lowest BCUT2D eigenvalue weighted by Crippen LogP contribution is -2.25. The van der Waals surface area contributed by atoms with Crippen LogP contribution in [0.3, 0.4) is 0 Å². The van der Waals surface area contributed by atoms with Crippen LogP contribution < -0.4 is 5.56 Å². The molecule has 148 valence electrons. The highest BCUT2D eigenvalue weighted by Gasteiger charge is 2.16. The SMILES string of the molecule is Cn1c2ncsc2c2cnn(Cc3ccn(COCC[Si](C)(C)C)n3)c(=O)c21. The molecule has 10 heteroatoms. The summed E-state index contributed by atoms with van der Waals surface area (Å²) >= 11 is 1.52. The zero-order chi connectivity index (χ0) is 19.9. The molecule has 4 aromatic rings. The van der Waals surface area contributed by atoms with Gasteiger partial charge in [-0.3, -0.25) is 4.79 Å². The summed E-state index contributed by atoms with van der Waals surface area (Å²) < 4.78 is 11.8. The monoisotopic (exact) mass is 416 g/mol. The number of hydrogen-bond donors (Lipinski definition) is 0. The summed E-state index contributed by atoms with van der Waals surface area (Å²) in [6, 6.07) is 3.02. The van der Waals surface area contributed by atoms with Gasteiger partial charge in [-0.2, -0.15) is 10.2 Å². The van der Waals surface area contributed by atoms with Crippen molar-refractivity contribution < 1.29 is 4.74 Å². The van der Waals surface area contributed by atoms with Gasteiger partial charge < -0.3 is 9.30 Å². The zero-order valence-electron chi connectivity index (χ0n) is 16.5. The highest BCUT2D eigenvalue weighted by molar-refractivity contribution is 7.17. The van der Waals surface area contributed by atoms with Gasteiger partial charge in [0.1, 0.15) is 12.2 Å². The zero-order valence-corrected chi connectivity index (χ0v) is 18.4. The predicted molar refractivity (Wildman–Crippen MR) is 114 cm³/mol. The maximum absolute atomic E-state index is 12.9. The van der Waals surface area contributed by atoms with Crippen molar-refractivity contribution in [1.29, 1.82) is 0 Å². The second-order valence-electron chi connectivity index (χ2n) is 8.13. The summed E-state index contributed by atoms with van der Waals surface area (Å²) in [6.45, 7) is 8.49. The van der Waals surface area contributed by atoms with Gasteiger partial charge in [0.25, 0.3) is 5.56 Å². The third-order valence-electron chi connectivity index (χ3n) is 4.69. The van der Waals surface area contributed by atoms with Gasteiger partial charge in [0.15, 0.2) is 5.65 Å². The fraction of sp³-hybridized carbons (Fsp3) is 0.444. The third kappa shape index (κ3) is 3.67. The molecular weight excluding hydrogens is 392 g/mol. The first-order valence-electron chi connectivity index (χ1n) is 9.21. The van der Waals surface area contributed by atoms with E-state index in [2.05, 4.69) is 34.8 Å². The lowest BCUT2D eigenvalue weighted by Gasteiger charge is -2.15. The van der Waals surface area contributed by atoms with Crippen molar-refractivity contribution >= 4 is 40.7 Å². The van der Waals surface area contributed by atoms with E-state index >= 15 is 0 Å². The number of rotatable bonds is 7. The molecule has 0 aliphatic rings. The van der Waals surface area contributed by atoms with Crippen LogP contribution in [0, 0.1) is 0 Å². The molecule has 0 saturated heterocycles. The highest BCUT2D eigenvalue weighted by Crippen LogP contribution is 2.27. The Balaban J connectivity index is 1.50. The van der Waals surface area contributed by atoms with Crippen molar-refractivity contribution in [2.24, 2.45) is 7.05 Å². The van der Waals surface area contributed by atoms with E-state index in [1.807, 2.05) is 23.9 Å². The Morgan fingerprint density at radius 1 is 1.29 bits per heavy atom. The van der Waals surface area contributed by atoms with E-state index in [-0.39, 0.29) is 5.56 Å². The fourth-order valence-corrected chi connectivity index (χ4v) is 4.69. The minimum atomic E-state index is -1.09. The third-order valence-corrected chi connectivity index (χ3v) is 7.25. The van der Waals surface area contributed by atoms with Crippen LogP contribution in [-0.4, -0.2) is 43.8 Å². The molecule has 0 atom stereocenters. The maximum atomic E-state index is 12.9. The van der Waals surface area contributed by atoms with E-state index in [9.17, 15) is 4.79 Å². The van der Waals surface area contributed by atoms with E-state index < -0.39 is 8.07 Å². The van der Waals surface area contributed by atoms with Crippen LogP contribution in [0.1, 0.15) is 5.69 Å². The Kier molecular flexibility index (Phi) is 4.94. The van der Waals surface area contributed by atoms with Crippen molar-refractivity contribution in [1.82, 2.24) is 29.1 Å². The van der Waals surface area contributed by atoms with Crippen LogP contribution in [0.15, 0.2) is 28.8 Å². The standard InChI is InChI=1S/C18H24N6O2SSi/c1-22-15-14(16-17(22)19-11-27-16)9-20-24(18(15)25)10-13-5-6-23(21-13)12-26-7-8-28(2,3)4/h5-6,9,11H,7-8,10,12H2,1-4H3. The molecule has 0 radical (unpaired) electrons. The molecule has 8 nitrogen and oxygen atoms in total. The van der Waals surface area contributed by atoms with Gasteiger partial charge in [0.05, 0.1) is 28.6 Å². The number of nitrogens with zero attached hydrogens (tertiary/aromatic N) is 6. The topological polar surface area (TPSA) is 79.8 Å². The van der Waals surface area contributed by atoms with Gasteiger partial charge >= 0.3 is 0 Å². The molecule has 0 saturated carbocycles. The smallest absolute Gasteiger partial charge is 0.291 e. The Hall–Kier alpha value is -2.30. The first-order chi connectivity index (χ1) is 13.3. The number of aromatic nitrogens is 6. The normalized spacial score (nSPS) is 12.4. The van der Waals surface area contributed by atoms with Crippen LogP contribution in [0.2, 0.25) is 25.7 Å². The minimum absolute atomic E-state index is 0.133. The molecule has 0 aliphatic heterocycles. The summed E-state index contributed by atoms with van der Waals surface area (Å²) in [5, 5.41) is 9.70. The summed E-state index contributed by atoms with van der Waals surface area (Å²) in [7, 11) is 0.775. The van der Waals surface area contributed by atoms with E-state index in [1.165, 1.54) is 16.0 Å². The van der Waals surface area contributed by atoms with E-state index in [0.717, 1.165) is 34.1 Å². The van der Waals surface area contributed by atoms with E-state index in [4.69, 9.17) is 4.74 Å². The van der Waals surface area contributed by atoms with Crippen LogP contribution in [0.4, 0.5) is 0 Å². The highest BCUT2D eigenvalue weighted by atomic mass is 32.1. The fourth-order valence-electron chi connectivity index (χ4n) is 3.10. The lowest BCUT2D eigenvalue weighted by molar-refractivity contribution is 0.0782. The van der Waals surface area contributed by atoms with Crippen LogP contribution in [-0.2, 0) is 25.1 Å². The number of ether oxygens (including phenoxy) is 1. The van der Waals surface area contributed by atoms with Gasteiger partial charge in [0.2, 0.25) is 0 Å². The molecule has 4 heterocycles. The molecule has 0 unspecified atom stereocenters. The van der Waals surface area contributed by atoms with Crippen molar-refractivity contribution in [3.05, 3.63) is 40.0 Å². The molecule has 0 bridgehead atoms. The first-order valence-corrected chi connectivity index (χ1v) is 13.8. The summed E-state index contributed by atoms with van der Waals surface area (Å²) in [6.07, 6.45) is 3.61. The molecule has 0 fully saturated rings. The van der Waals surface area contributed by atoms with Crippen LogP contribution in [0.5, 0.6) is 0 Å². The molecule has 0 N–H and O–H groups in total. The molecule has 4 aromatic heterocycles. The maximum Gasteiger partial charge on any atom is 0.291 e. The van der Waals surface area contributed by atoms with Crippen molar-refractivity contribution in [3.63, 3.8) is 0 Å². The Labute approximate surface area is 167 Å². The number of fused-ring (bicyclic) bond motifs is 3. The van der Waals surface area contributed by atoms with Gasteiger partial charge in [-0.25, -0.2) is 14.3 Å². The molecule has 4 rings (SSSR count). The number of hydrogen-bond acceptors (Lipinski definition) is 6. The van der Waals surface area contributed by atoms with E-state index in [0.29, 0.717) is 18.8 Å². The largest absolute Gasteiger partial charge is 0.360 e. The second-order valence-corrected chi connectivity index (χ2v) is 14.6. The molecule has 28 heavy (non-hydrogen) atoms. The average molecular weight is 417 g/mol. The quantitative estimate of drug-likeness (QED) is 0.342. The lowest BCUT2D eigenvalue weighted by atomic mass is 10.3. The summed E-state index contributed by atoms with van der Waals surface area (Å²) in [5.41, 5.74) is 3.87. The van der Waals surface area contributed by atoms with Crippen molar-refractivity contribution in [2.75, 3.05) is 6.61 Å². The Morgan fingerprint density at radius 2 is 2.11 bits per heavy atom. The van der Waals surface area contributed by atoms with Crippen LogP contribution >= 0.6 is 11.3 Å². The number of thiazole rings is 1. The number of aryl methyl sites for hydroxylation is 1. The molecule has 0 aromatic carbocycles. The Bertz CT molecular complexity index is 1180. The van der Waals surface area contributed by atoms with Gasteiger partial charge in [-0.05, 0) is 12.1 Å². The van der Waals surface area contributed by atoms with Crippen molar-refractivity contribution in [3.8, 4) is 0 Å². The van der Waals surface area contributed by atoms with E-state index in [1.54, 1.807) is 16.4 Å². The van der Waals surface area contributed by atoms with Gasteiger partial charge in [-0.1, -0.05) is 19.6 Å². The van der Waals surface area contributed by atoms with Gasteiger partial charge in [-0.15, -0.1) is 11.3 Å². The predicted octanol–water partition coefficient (Wildman–Crippen LogP) is 2.90. The molecule has 0 aliphatic carbocycles. The summed E-state index contributed by atoms with van der Waals surface area (Å²) in [5.74, 6) is 0. The molecule has 0 amide bonds. The second kappa shape index (κ2) is 7.26.